The van der Waals surface area contributed by atoms with Crippen molar-refractivity contribution in [1.29, 1.82) is 0 Å². The Morgan fingerprint density at radius 2 is 1.88 bits per heavy atom. The minimum Gasteiger partial charge on any atom is -0.490 e. The molecule has 0 saturated carbocycles. The highest BCUT2D eigenvalue weighted by Crippen LogP contribution is 2.30. The van der Waals surface area contributed by atoms with E-state index in [1.165, 1.54) is 0 Å². The molecule has 1 rings (SSSR count). The van der Waals surface area contributed by atoms with Crippen LogP contribution in [0.2, 0.25) is 0 Å². The highest BCUT2D eigenvalue weighted by molar-refractivity contribution is 14.0. The van der Waals surface area contributed by atoms with Crippen molar-refractivity contribution in [3.63, 3.8) is 0 Å². The molecule has 2 N–H and O–H groups in total. The van der Waals surface area contributed by atoms with E-state index >= 15 is 0 Å². The number of halogens is 1. The molecule has 1 aromatic rings. The molecule has 0 bridgehead atoms. The summed E-state index contributed by atoms with van der Waals surface area (Å²) in [6, 6.07) is 6.18. The maximum Gasteiger partial charge on any atom is 0.191 e. The van der Waals surface area contributed by atoms with Crippen LogP contribution in [-0.4, -0.2) is 44.8 Å². The van der Waals surface area contributed by atoms with Crippen molar-refractivity contribution >= 4 is 41.7 Å². The summed E-state index contributed by atoms with van der Waals surface area (Å²) in [7, 11) is 1.79. The van der Waals surface area contributed by atoms with E-state index in [1.807, 2.05) is 37.7 Å². The molecule has 0 saturated heterocycles. The molecule has 0 fully saturated rings. The lowest BCUT2D eigenvalue weighted by atomic mass is 10.1. The van der Waals surface area contributed by atoms with Gasteiger partial charge in [-0.15, -0.1) is 24.0 Å². The smallest absolute Gasteiger partial charge is 0.191 e. The molecule has 0 aliphatic rings. The first-order chi connectivity index (χ1) is 11.7. The molecule has 0 heterocycles. The zero-order valence-corrected chi connectivity index (χ0v) is 19.1. The molecule has 144 valence electrons. The van der Waals surface area contributed by atoms with Gasteiger partial charge in [-0.1, -0.05) is 6.07 Å². The number of rotatable bonds is 10. The Balaban J connectivity index is 0.00000576. The van der Waals surface area contributed by atoms with E-state index in [2.05, 4.69) is 34.9 Å². The maximum atomic E-state index is 5.70. The fourth-order valence-electron chi connectivity index (χ4n) is 2.24. The van der Waals surface area contributed by atoms with E-state index in [0.717, 1.165) is 41.7 Å². The Morgan fingerprint density at radius 1 is 1.20 bits per heavy atom. The third kappa shape index (κ3) is 8.89. The van der Waals surface area contributed by atoms with Crippen LogP contribution in [0.1, 0.15) is 38.8 Å². The van der Waals surface area contributed by atoms with E-state index < -0.39 is 0 Å². The number of benzene rings is 1. The summed E-state index contributed by atoms with van der Waals surface area (Å²) in [6.07, 6.45) is 3.24. The molecule has 0 radical (unpaired) electrons. The van der Waals surface area contributed by atoms with E-state index in [4.69, 9.17) is 9.47 Å². The second-order valence-electron chi connectivity index (χ2n) is 5.28. The third-order valence-electron chi connectivity index (χ3n) is 3.46. The number of nitrogens with one attached hydrogen (secondary N) is 2. The molecular formula is C18H32IN3O2S. The molecule has 0 spiro atoms. The molecule has 0 amide bonds. The predicted octanol–water partition coefficient (Wildman–Crippen LogP) is 4.08. The van der Waals surface area contributed by atoms with Gasteiger partial charge in [0.25, 0.3) is 0 Å². The first kappa shape index (κ1) is 24.2. The molecule has 1 aromatic carbocycles. The number of hydrogen-bond donors (Lipinski definition) is 2. The van der Waals surface area contributed by atoms with E-state index in [-0.39, 0.29) is 30.0 Å². The summed E-state index contributed by atoms with van der Waals surface area (Å²) in [5.41, 5.74) is 1.13. The quantitative estimate of drug-likeness (QED) is 0.228. The van der Waals surface area contributed by atoms with Crippen molar-refractivity contribution in [1.82, 2.24) is 10.6 Å². The Bertz CT molecular complexity index is 515. The number of hydrogen-bond acceptors (Lipinski definition) is 4. The molecule has 0 aliphatic heterocycles. The minimum absolute atomic E-state index is 0. The van der Waals surface area contributed by atoms with Crippen molar-refractivity contribution in [3.05, 3.63) is 23.8 Å². The normalized spacial score (nSPS) is 12.1. The number of ether oxygens (including phenoxy) is 2. The van der Waals surface area contributed by atoms with Gasteiger partial charge in [0.1, 0.15) is 0 Å². The lowest BCUT2D eigenvalue weighted by Gasteiger charge is -2.20. The summed E-state index contributed by atoms with van der Waals surface area (Å²) in [6.45, 7) is 8.22. The van der Waals surface area contributed by atoms with Crippen LogP contribution < -0.4 is 20.1 Å². The van der Waals surface area contributed by atoms with Crippen LogP contribution >= 0.6 is 35.7 Å². The van der Waals surface area contributed by atoms with Crippen molar-refractivity contribution in [2.75, 3.05) is 38.8 Å². The molecule has 1 atom stereocenters. The van der Waals surface area contributed by atoms with Crippen molar-refractivity contribution in [2.45, 2.75) is 33.2 Å². The molecule has 0 aromatic heterocycles. The van der Waals surface area contributed by atoms with Gasteiger partial charge in [0.2, 0.25) is 0 Å². The Labute approximate surface area is 173 Å². The van der Waals surface area contributed by atoms with Crippen LogP contribution in [0.4, 0.5) is 0 Å². The summed E-state index contributed by atoms with van der Waals surface area (Å²) >= 11 is 1.86. The zero-order chi connectivity index (χ0) is 17.8. The largest absolute Gasteiger partial charge is 0.490 e. The van der Waals surface area contributed by atoms with Crippen LogP contribution in [0.3, 0.4) is 0 Å². The van der Waals surface area contributed by atoms with Gasteiger partial charge in [0, 0.05) is 13.6 Å². The van der Waals surface area contributed by atoms with Gasteiger partial charge in [-0.05, 0) is 56.9 Å². The predicted molar refractivity (Wildman–Crippen MR) is 120 cm³/mol. The second kappa shape index (κ2) is 14.4. The van der Waals surface area contributed by atoms with Crippen molar-refractivity contribution < 1.29 is 9.47 Å². The van der Waals surface area contributed by atoms with Crippen molar-refractivity contribution in [2.24, 2.45) is 4.99 Å². The van der Waals surface area contributed by atoms with Gasteiger partial charge in [-0.2, -0.15) is 11.8 Å². The standard InChI is InChI=1S/C18H31N3O2S.HI/c1-6-22-16-10-9-15(13-17(16)23-7-2)14(3)21-18(19-4)20-11-8-12-24-5;/h9-10,13-14H,6-8,11-12H2,1-5H3,(H2,19,20,21);1H. The fourth-order valence-corrected chi connectivity index (χ4v) is 2.68. The topological polar surface area (TPSA) is 54.9 Å². The molecule has 7 heteroatoms. The molecule has 25 heavy (non-hydrogen) atoms. The van der Waals surface area contributed by atoms with Crippen LogP contribution in [0.5, 0.6) is 11.5 Å². The number of thioether (sulfide) groups is 1. The van der Waals surface area contributed by atoms with E-state index in [9.17, 15) is 0 Å². The van der Waals surface area contributed by atoms with Gasteiger partial charge in [-0.3, -0.25) is 4.99 Å². The second-order valence-corrected chi connectivity index (χ2v) is 6.27. The SMILES string of the molecule is CCOc1ccc(C(C)NC(=NC)NCCCSC)cc1OCC.I. The van der Waals surface area contributed by atoms with Gasteiger partial charge < -0.3 is 20.1 Å². The van der Waals surface area contributed by atoms with Gasteiger partial charge in [-0.25, -0.2) is 0 Å². The monoisotopic (exact) mass is 481 g/mol. The first-order valence-electron chi connectivity index (χ1n) is 8.51. The lowest BCUT2D eigenvalue weighted by Crippen LogP contribution is -2.39. The Morgan fingerprint density at radius 3 is 2.48 bits per heavy atom. The minimum atomic E-state index is 0. The van der Waals surface area contributed by atoms with Gasteiger partial charge >= 0.3 is 0 Å². The summed E-state index contributed by atoms with van der Waals surface area (Å²) < 4.78 is 11.3. The number of nitrogens with zero attached hydrogens (tertiary/aromatic N) is 1. The Kier molecular flexibility index (Phi) is 13.9. The number of aliphatic imine (C=N–C) groups is 1. The van der Waals surface area contributed by atoms with Gasteiger partial charge in [0.15, 0.2) is 17.5 Å². The van der Waals surface area contributed by atoms with E-state index in [0.29, 0.717) is 13.2 Å². The highest BCUT2D eigenvalue weighted by atomic mass is 127. The Hall–Kier alpha value is -0.830. The average Bonchev–Trinajstić information content (AvgIpc) is 2.59. The fraction of sp³-hybridized carbons (Fsp3) is 0.611. The zero-order valence-electron chi connectivity index (χ0n) is 15.9. The third-order valence-corrected chi connectivity index (χ3v) is 4.16. The molecular weight excluding hydrogens is 449 g/mol. The summed E-state index contributed by atoms with van der Waals surface area (Å²) in [4.78, 5) is 4.29. The van der Waals surface area contributed by atoms with Crippen LogP contribution in [0.15, 0.2) is 23.2 Å². The van der Waals surface area contributed by atoms with Crippen LogP contribution in [0, 0.1) is 0 Å². The highest BCUT2D eigenvalue weighted by Gasteiger charge is 2.12. The van der Waals surface area contributed by atoms with E-state index in [1.54, 1.807) is 7.05 Å². The lowest BCUT2D eigenvalue weighted by molar-refractivity contribution is 0.287. The summed E-state index contributed by atoms with van der Waals surface area (Å²) in [5.74, 6) is 3.54. The first-order valence-corrected chi connectivity index (χ1v) is 9.91. The average molecular weight is 481 g/mol. The van der Waals surface area contributed by atoms with Gasteiger partial charge in [0.05, 0.1) is 19.3 Å². The molecule has 1 unspecified atom stereocenters. The summed E-state index contributed by atoms with van der Waals surface area (Å²) in [5, 5.41) is 6.76. The van der Waals surface area contributed by atoms with Crippen LogP contribution in [0.25, 0.3) is 0 Å². The van der Waals surface area contributed by atoms with Crippen LogP contribution in [-0.2, 0) is 0 Å². The number of guanidine groups is 1. The molecule has 0 aliphatic carbocycles. The molecule has 5 nitrogen and oxygen atoms in total. The maximum absolute atomic E-state index is 5.70. The van der Waals surface area contributed by atoms with Crippen molar-refractivity contribution in [3.8, 4) is 11.5 Å².